The summed E-state index contributed by atoms with van der Waals surface area (Å²) in [6.07, 6.45) is 1.31. The number of anilines is 1. The zero-order valence-corrected chi connectivity index (χ0v) is 17.8. The van der Waals surface area contributed by atoms with Crippen LogP contribution in [0, 0.1) is 11.6 Å². The molecule has 4 rings (SSSR count). The minimum Gasteiger partial charge on any atom is -0.496 e. The third kappa shape index (κ3) is 4.35. The van der Waals surface area contributed by atoms with Gasteiger partial charge in [-0.2, -0.15) is 0 Å². The van der Waals surface area contributed by atoms with Crippen molar-refractivity contribution in [3.05, 3.63) is 59.9 Å². The van der Waals surface area contributed by atoms with Crippen molar-refractivity contribution in [1.82, 2.24) is 9.97 Å². The van der Waals surface area contributed by atoms with Gasteiger partial charge in [-0.05, 0) is 30.3 Å². The summed E-state index contributed by atoms with van der Waals surface area (Å²) in [5.74, 6) is -1.98. The van der Waals surface area contributed by atoms with E-state index in [1.165, 1.54) is 43.6 Å². The number of ether oxygens (including phenoxy) is 2. The monoisotopic (exact) mass is 456 g/mol. The van der Waals surface area contributed by atoms with Gasteiger partial charge in [0.05, 0.1) is 38.5 Å². The number of methoxy groups -OCH3 is 1. The third-order valence-electron chi connectivity index (χ3n) is 5.44. The van der Waals surface area contributed by atoms with Crippen molar-refractivity contribution in [3.8, 4) is 28.3 Å². The van der Waals surface area contributed by atoms with E-state index >= 15 is 0 Å². The summed E-state index contributed by atoms with van der Waals surface area (Å²) in [5, 5.41) is 9.78. The molecule has 1 saturated heterocycles. The number of rotatable bonds is 6. The molecule has 2 aromatic carbocycles. The largest absolute Gasteiger partial charge is 0.496 e. The van der Waals surface area contributed by atoms with Gasteiger partial charge in [-0.15, -0.1) is 0 Å². The van der Waals surface area contributed by atoms with Crippen LogP contribution in [0.15, 0.2) is 42.6 Å². The van der Waals surface area contributed by atoms with E-state index in [1.807, 2.05) is 4.90 Å². The Labute approximate surface area is 188 Å². The number of primary amides is 1. The maximum absolute atomic E-state index is 14.6. The van der Waals surface area contributed by atoms with Crippen molar-refractivity contribution in [2.75, 3.05) is 38.4 Å². The van der Waals surface area contributed by atoms with E-state index in [9.17, 15) is 18.7 Å². The molecule has 172 valence electrons. The van der Waals surface area contributed by atoms with Crippen LogP contribution in [0.4, 0.5) is 14.5 Å². The molecule has 0 bridgehead atoms. The normalized spacial score (nSPS) is 16.0. The van der Waals surface area contributed by atoms with Crippen LogP contribution in [0.5, 0.6) is 5.75 Å². The number of benzene rings is 2. The summed E-state index contributed by atoms with van der Waals surface area (Å²) in [6.45, 7) is 0.972. The predicted octanol–water partition coefficient (Wildman–Crippen LogP) is 2.39. The van der Waals surface area contributed by atoms with Gasteiger partial charge >= 0.3 is 0 Å². The molecule has 8 nitrogen and oxygen atoms in total. The molecule has 0 aliphatic carbocycles. The van der Waals surface area contributed by atoms with E-state index in [0.29, 0.717) is 31.0 Å². The molecule has 33 heavy (non-hydrogen) atoms. The quantitative estimate of drug-likeness (QED) is 0.586. The first-order valence-electron chi connectivity index (χ1n) is 10.2. The summed E-state index contributed by atoms with van der Waals surface area (Å²) in [7, 11) is 1.38. The molecule has 1 aliphatic heterocycles. The number of halogens is 2. The van der Waals surface area contributed by atoms with Crippen LogP contribution in [-0.4, -0.2) is 60.5 Å². The molecule has 1 aliphatic rings. The van der Waals surface area contributed by atoms with E-state index in [4.69, 9.17) is 15.2 Å². The number of aromatic nitrogens is 2. The molecule has 1 atom stereocenters. The summed E-state index contributed by atoms with van der Waals surface area (Å²) in [5.41, 5.74) is 6.43. The van der Waals surface area contributed by atoms with Gasteiger partial charge in [0.15, 0.2) is 5.82 Å². The molecule has 10 heteroatoms. The molecule has 1 fully saturated rings. The smallest absolute Gasteiger partial charge is 0.268 e. The average molecular weight is 456 g/mol. The number of amides is 1. The van der Waals surface area contributed by atoms with Crippen molar-refractivity contribution in [3.63, 3.8) is 0 Å². The number of hydrogen-bond donors (Lipinski definition) is 2. The highest BCUT2D eigenvalue weighted by atomic mass is 19.1. The van der Waals surface area contributed by atoms with Gasteiger partial charge in [-0.1, -0.05) is 6.07 Å². The number of nitrogens with zero attached hydrogens (tertiary/aromatic N) is 3. The lowest BCUT2D eigenvalue weighted by molar-refractivity contribution is 0.0727. The van der Waals surface area contributed by atoms with Crippen molar-refractivity contribution < 1.29 is 28.2 Å². The lowest BCUT2D eigenvalue weighted by Crippen LogP contribution is -2.47. The second-order valence-electron chi connectivity index (χ2n) is 7.40. The molecule has 0 spiro atoms. The average Bonchev–Trinajstić information content (AvgIpc) is 2.83. The highest BCUT2D eigenvalue weighted by Gasteiger charge is 2.27. The van der Waals surface area contributed by atoms with Gasteiger partial charge in [0, 0.05) is 29.6 Å². The first-order valence-corrected chi connectivity index (χ1v) is 10.2. The van der Waals surface area contributed by atoms with Crippen LogP contribution in [0.3, 0.4) is 0 Å². The lowest BCUT2D eigenvalue weighted by Gasteiger charge is -2.37. The standard InChI is InChI=1S/C23H22F2N4O4/c1-32-19-4-2-3-17(25)20(19)23-27-10-16(21(28-23)22(26)31)15-9-13(24)5-6-18(15)29-7-8-33-12-14(29)11-30/h2-6,9-10,14,30H,7-8,11-12H2,1H3,(H2,26,31). The Morgan fingerprint density at radius 2 is 2.12 bits per heavy atom. The number of hydrogen-bond acceptors (Lipinski definition) is 7. The van der Waals surface area contributed by atoms with Crippen LogP contribution >= 0.6 is 0 Å². The molecule has 3 N–H and O–H groups in total. The van der Waals surface area contributed by atoms with E-state index in [-0.39, 0.29) is 41.0 Å². The van der Waals surface area contributed by atoms with Gasteiger partial charge in [0.1, 0.15) is 23.1 Å². The minimum atomic E-state index is -0.889. The summed E-state index contributed by atoms with van der Waals surface area (Å²) < 4.78 is 39.5. The fourth-order valence-electron chi connectivity index (χ4n) is 3.88. The van der Waals surface area contributed by atoms with E-state index in [2.05, 4.69) is 9.97 Å². The second-order valence-corrected chi connectivity index (χ2v) is 7.40. The van der Waals surface area contributed by atoms with E-state index < -0.39 is 17.5 Å². The van der Waals surface area contributed by atoms with Gasteiger partial charge < -0.3 is 25.2 Å². The first kappa shape index (κ1) is 22.6. The topological polar surface area (TPSA) is 111 Å². The van der Waals surface area contributed by atoms with Crippen molar-refractivity contribution in [2.24, 2.45) is 5.73 Å². The molecule has 0 saturated carbocycles. The maximum Gasteiger partial charge on any atom is 0.268 e. The number of carbonyl (C=O) groups excluding carboxylic acids is 1. The van der Waals surface area contributed by atoms with Crippen molar-refractivity contribution in [2.45, 2.75) is 6.04 Å². The zero-order valence-electron chi connectivity index (χ0n) is 17.8. The molecular formula is C23H22F2N4O4. The minimum absolute atomic E-state index is 0.0259. The number of aliphatic hydroxyl groups is 1. The van der Waals surface area contributed by atoms with Crippen LogP contribution in [0.2, 0.25) is 0 Å². The molecule has 0 radical (unpaired) electrons. The Morgan fingerprint density at radius 1 is 1.30 bits per heavy atom. The van der Waals surface area contributed by atoms with Crippen LogP contribution in [0.1, 0.15) is 10.5 Å². The Hall–Kier alpha value is -3.63. The summed E-state index contributed by atoms with van der Waals surface area (Å²) >= 11 is 0. The number of carbonyl (C=O) groups is 1. The highest BCUT2D eigenvalue weighted by Crippen LogP contribution is 2.37. The fraction of sp³-hybridized carbons (Fsp3) is 0.261. The van der Waals surface area contributed by atoms with Crippen molar-refractivity contribution >= 4 is 11.6 Å². The van der Waals surface area contributed by atoms with E-state index in [1.54, 1.807) is 6.07 Å². The van der Waals surface area contributed by atoms with E-state index in [0.717, 1.165) is 0 Å². The SMILES string of the molecule is COc1cccc(F)c1-c1ncc(-c2cc(F)ccc2N2CCOCC2CO)c(C(N)=O)n1. The van der Waals surface area contributed by atoms with Gasteiger partial charge in [0.2, 0.25) is 0 Å². The summed E-state index contributed by atoms with van der Waals surface area (Å²) in [6, 6.07) is 7.95. The molecule has 2 heterocycles. The fourth-order valence-corrected chi connectivity index (χ4v) is 3.88. The van der Waals surface area contributed by atoms with Crippen molar-refractivity contribution in [1.29, 1.82) is 0 Å². The Morgan fingerprint density at radius 3 is 2.85 bits per heavy atom. The Bertz CT molecular complexity index is 1190. The van der Waals surface area contributed by atoms with Gasteiger partial charge in [-0.3, -0.25) is 4.79 Å². The lowest BCUT2D eigenvalue weighted by atomic mass is 10.00. The second kappa shape index (κ2) is 9.47. The molecule has 1 aromatic heterocycles. The number of aliphatic hydroxyl groups excluding tert-OH is 1. The third-order valence-corrected chi connectivity index (χ3v) is 5.44. The predicted molar refractivity (Wildman–Crippen MR) is 117 cm³/mol. The number of morpholine rings is 1. The highest BCUT2D eigenvalue weighted by molar-refractivity contribution is 6.00. The molecular weight excluding hydrogens is 434 g/mol. The zero-order chi connectivity index (χ0) is 23.5. The maximum atomic E-state index is 14.6. The Kier molecular flexibility index (Phi) is 6.47. The van der Waals surface area contributed by atoms with Crippen LogP contribution < -0.4 is 15.4 Å². The summed E-state index contributed by atoms with van der Waals surface area (Å²) in [4.78, 5) is 22.7. The van der Waals surface area contributed by atoms with Crippen LogP contribution in [0.25, 0.3) is 22.5 Å². The van der Waals surface area contributed by atoms with Gasteiger partial charge in [0.25, 0.3) is 5.91 Å². The molecule has 1 amide bonds. The van der Waals surface area contributed by atoms with Gasteiger partial charge in [-0.25, -0.2) is 18.7 Å². The Balaban J connectivity index is 1.89. The number of nitrogens with two attached hydrogens (primary N) is 1. The molecule has 3 aromatic rings. The first-order chi connectivity index (χ1) is 15.9. The molecule has 1 unspecified atom stereocenters. The van der Waals surface area contributed by atoms with Crippen LogP contribution in [-0.2, 0) is 4.74 Å².